The molecule has 2 N–H and O–H groups in total. The van der Waals surface area contributed by atoms with Gasteiger partial charge in [-0.15, -0.1) is 11.3 Å². The summed E-state index contributed by atoms with van der Waals surface area (Å²) in [4.78, 5) is 20.9. The van der Waals surface area contributed by atoms with Gasteiger partial charge in [-0.25, -0.2) is 14.8 Å². The van der Waals surface area contributed by atoms with Crippen LogP contribution in [0.25, 0.3) is 0 Å². The van der Waals surface area contributed by atoms with Crippen molar-refractivity contribution in [3.05, 3.63) is 37.9 Å². The van der Waals surface area contributed by atoms with Gasteiger partial charge in [0.1, 0.15) is 11.4 Å². The number of nitrogens with one attached hydrogen (secondary N) is 1. The molecule has 0 saturated heterocycles. The molecule has 0 bridgehead atoms. The summed E-state index contributed by atoms with van der Waals surface area (Å²) in [6.07, 6.45) is 1.58. The maximum absolute atomic E-state index is 11.3. The van der Waals surface area contributed by atoms with Gasteiger partial charge in [0.25, 0.3) is 0 Å². The number of aromatic carboxylic acids is 1. The molecule has 2 heterocycles. The molecule has 0 aliphatic heterocycles. The number of carboxylic acids is 1. The molecule has 1 unspecified atom stereocenters. The van der Waals surface area contributed by atoms with Gasteiger partial charge in [-0.05, 0) is 42.8 Å². The average Bonchev–Trinajstić information content (AvgIpc) is 2.70. The van der Waals surface area contributed by atoms with Gasteiger partial charge >= 0.3 is 5.97 Å². The summed E-state index contributed by atoms with van der Waals surface area (Å²) in [6.45, 7) is 5.87. The number of pyridine rings is 1. The predicted octanol–water partition coefficient (Wildman–Crippen LogP) is 3.79. The van der Waals surface area contributed by atoms with Gasteiger partial charge in [-0.3, -0.25) is 0 Å². The van der Waals surface area contributed by atoms with Crippen molar-refractivity contribution in [3.8, 4) is 0 Å². The van der Waals surface area contributed by atoms with E-state index < -0.39 is 5.97 Å². The number of aromatic nitrogens is 2. The van der Waals surface area contributed by atoms with Crippen LogP contribution in [0.4, 0.5) is 5.82 Å². The van der Waals surface area contributed by atoms with E-state index in [1.807, 2.05) is 20.8 Å². The Balaban J connectivity index is 2.30. The zero-order valence-electron chi connectivity index (χ0n) is 11.3. The van der Waals surface area contributed by atoms with E-state index in [1.54, 1.807) is 17.5 Å². The van der Waals surface area contributed by atoms with E-state index in [-0.39, 0.29) is 11.6 Å². The summed E-state index contributed by atoms with van der Waals surface area (Å²) in [6, 6.07) is 1.49. The highest BCUT2D eigenvalue weighted by Gasteiger charge is 2.17. The van der Waals surface area contributed by atoms with E-state index in [0.717, 1.165) is 15.6 Å². The van der Waals surface area contributed by atoms with Gasteiger partial charge in [0.05, 0.1) is 16.7 Å². The fraction of sp³-hybridized carbons (Fsp3) is 0.308. The Kier molecular flexibility index (Phi) is 4.39. The van der Waals surface area contributed by atoms with E-state index in [0.29, 0.717) is 10.3 Å². The van der Waals surface area contributed by atoms with E-state index >= 15 is 0 Å². The van der Waals surface area contributed by atoms with Crippen molar-refractivity contribution in [2.75, 3.05) is 5.32 Å². The molecule has 0 radical (unpaired) electrons. The number of aryl methyl sites for hydroxylation is 2. The number of rotatable bonds is 4. The van der Waals surface area contributed by atoms with Gasteiger partial charge in [0.2, 0.25) is 0 Å². The topological polar surface area (TPSA) is 75.1 Å². The molecule has 2 aromatic heterocycles. The lowest BCUT2D eigenvalue weighted by Crippen LogP contribution is -2.12. The van der Waals surface area contributed by atoms with Crippen LogP contribution in [-0.2, 0) is 0 Å². The van der Waals surface area contributed by atoms with Gasteiger partial charge in [-0.1, -0.05) is 0 Å². The van der Waals surface area contributed by atoms with Crippen molar-refractivity contribution in [1.82, 2.24) is 9.97 Å². The van der Waals surface area contributed by atoms with Crippen LogP contribution in [0.3, 0.4) is 0 Å². The first-order valence-corrected chi connectivity index (χ1v) is 7.58. The normalized spacial score (nSPS) is 12.2. The zero-order chi connectivity index (χ0) is 14.9. The molecule has 0 fully saturated rings. The Bertz CT molecular complexity index is 657. The molecular weight excluding hydrogens is 342 g/mol. The van der Waals surface area contributed by atoms with Crippen LogP contribution in [0.5, 0.6) is 0 Å². The number of hydrogen-bond donors (Lipinski definition) is 2. The van der Waals surface area contributed by atoms with Gasteiger partial charge in [0.15, 0.2) is 0 Å². The summed E-state index contributed by atoms with van der Waals surface area (Å²) < 4.78 is 0.637. The summed E-state index contributed by atoms with van der Waals surface area (Å²) in [5, 5.41) is 13.4. The first-order chi connectivity index (χ1) is 9.38. The maximum atomic E-state index is 11.3. The van der Waals surface area contributed by atoms with Crippen LogP contribution in [-0.4, -0.2) is 21.0 Å². The molecule has 2 aromatic rings. The van der Waals surface area contributed by atoms with Crippen LogP contribution < -0.4 is 5.32 Å². The zero-order valence-corrected chi connectivity index (χ0v) is 13.7. The quantitative estimate of drug-likeness (QED) is 0.872. The second-order valence-corrected chi connectivity index (χ2v) is 6.55. The Morgan fingerprint density at radius 1 is 1.50 bits per heavy atom. The van der Waals surface area contributed by atoms with Crippen LogP contribution >= 0.6 is 27.3 Å². The fourth-order valence-corrected chi connectivity index (χ4v) is 3.20. The largest absolute Gasteiger partial charge is 0.478 e. The van der Waals surface area contributed by atoms with E-state index in [1.165, 1.54) is 6.07 Å². The second kappa shape index (κ2) is 5.88. The molecule has 106 valence electrons. The lowest BCUT2D eigenvalue weighted by molar-refractivity contribution is 0.0697. The minimum absolute atomic E-state index is 0.0482. The summed E-state index contributed by atoms with van der Waals surface area (Å²) >= 11 is 4.83. The molecule has 0 aliphatic rings. The Hall–Kier alpha value is -1.47. The van der Waals surface area contributed by atoms with Crippen molar-refractivity contribution in [2.24, 2.45) is 0 Å². The van der Waals surface area contributed by atoms with Crippen LogP contribution in [0.2, 0.25) is 0 Å². The minimum atomic E-state index is -1.01. The number of thiazole rings is 1. The molecule has 7 heteroatoms. The van der Waals surface area contributed by atoms with Crippen molar-refractivity contribution < 1.29 is 9.90 Å². The van der Waals surface area contributed by atoms with Crippen LogP contribution in [0.15, 0.2) is 16.7 Å². The number of nitrogens with zero attached hydrogens (tertiary/aromatic N) is 2. The second-order valence-electron chi connectivity index (χ2n) is 4.40. The summed E-state index contributed by atoms with van der Waals surface area (Å²) in [5.74, 6) is -0.649. The highest BCUT2D eigenvalue weighted by Crippen LogP contribution is 2.28. The fourth-order valence-electron chi connectivity index (χ4n) is 1.94. The number of carboxylic acid groups (broad SMARTS) is 1. The monoisotopic (exact) mass is 355 g/mol. The summed E-state index contributed by atoms with van der Waals surface area (Å²) in [5.41, 5.74) is 1.10. The molecular formula is C13H14BrN3O2S. The predicted molar refractivity (Wildman–Crippen MR) is 82.5 cm³/mol. The highest BCUT2D eigenvalue weighted by molar-refractivity contribution is 9.10. The lowest BCUT2D eigenvalue weighted by Gasteiger charge is -2.15. The molecule has 1 atom stereocenters. The van der Waals surface area contributed by atoms with Crippen LogP contribution in [0, 0.1) is 13.8 Å². The number of anilines is 1. The molecule has 0 aromatic carbocycles. The third-order valence-corrected chi connectivity index (χ3v) is 4.46. The smallest absolute Gasteiger partial charge is 0.339 e. The highest BCUT2D eigenvalue weighted by atomic mass is 79.9. The molecule has 20 heavy (non-hydrogen) atoms. The standard InChI is InChI=1S/C13H14BrN3O2S/c1-6-11(20-8(3)16-6)7(2)17-12-10(13(18)19)4-9(14)5-15-12/h4-5,7H,1-3H3,(H,15,17)(H,18,19). The Labute approximate surface area is 129 Å². The Morgan fingerprint density at radius 2 is 2.20 bits per heavy atom. The average molecular weight is 356 g/mol. The molecule has 0 spiro atoms. The first-order valence-electron chi connectivity index (χ1n) is 5.97. The van der Waals surface area contributed by atoms with Crippen molar-refractivity contribution in [3.63, 3.8) is 0 Å². The molecule has 2 rings (SSSR count). The van der Waals surface area contributed by atoms with Gasteiger partial charge in [0, 0.05) is 15.5 Å². The first kappa shape index (κ1) is 14.9. The number of halogens is 1. The minimum Gasteiger partial charge on any atom is -0.478 e. The van der Waals surface area contributed by atoms with Crippen molar-refractivity contribution in [2.45, 2.75) is 26.8 Å². The molecule has 0 saturated carbocycles. The van der Waals surface area contributed by atoms with Crippen LogP contribution in [0.1, 0.15) is 38.9 Å². The Morgan fingerprint density at radius 3 is 2.75 bits per heavy atom. The van der Waals surface area contributed by atoms with Crippen molar-refractivity contribution >= 4 is 39.1 Å². The molecule has 0 aliphatic carbocycles. The third kappa shape index (κ3) is 3.16. The third-order valence-electron chi connectivity index (χ3n) is 2.77. The van der Waals surface area contributed by atoms with E-state index in [2.05, 4.69) is 31.2 Å². The number of carbonyl (C=O) groups is 1. The maximum Gasteiger partial charge on any atom is 0.339 e. The molecule has 5 nitrogen and oxygen atoms in total. The molecule has 0 amide bonds. The van der Waals surface area contributed by atoms with E-state index in [9.17, 15) is 9.90 Å². The SMILES string of the molecule is Cc1nc(C)c(C(C)Nc2ncc(Br)cc2C(=O)O)s1. The van der Waals surface area contributed by atoms with Gasteiger partial charge in [-0.2, -0.15) is 0 Å². The van der Waals surface area contributed by atoms with Crippen molar-refractivity contribution in [1.29, 1.82) is 0 Å². The number of hydrogen-bond acceptors (Lipinski definition) is 5. The lowest BCUT2D eigenvalue weighted by atomic mass is 10.2. The van der Waals surface area contributed by atoms with Gasteiger partial charge < -0.3 is 10.4 Å². The van der Waals surface area contributed by atoms with E-state index in [4.69, 9.17) is 0 Å². The summed E-state index contributed by atoms with van der Waals surface area (Å²) in [7, 11) is 0.